The largest absolute Gasteiger partial charge is 0.481 e. The number of aryl methyl sites for hydroxylation is 2. The number of benzene rings is 8. The SMILES string of the molecule is Cc1ccc2cc([C@H]3C[C@H](c4cc(Cl)cc(Cl)c4)CN3C(C)c3ccc(C(=O)NCCC(=O)O)cc3)ccc2c1.Cc1ccc2cc([C@H]3C[C@H](c4cc(Cl)cc(Cl)c4)CN3C(C)c3ccc(C(=O)NCCC(=O)OC(C)(C)C)cc3)ccc2c1. The number of ether oxygens (including phenoxy) is 1. The van der Waals surface area contributed by atoms with Crippen molar-refractivity contribution in [1.29, 1.82) is 0 Å². The molecule has 0 bridgehead atoms. The maximum absolute atomic E-state index is 12.8. The van der Waals surface area contributed by atoms with Gasteiger partial charge in [0.2, 0.25) is 0 Å². The van der Waals surface area contributed by atoms with Crippen molar-refractivity contribution in [3.05, 3.63) is 233 Å². The quantitative estimate of drug-likeness (QED) is 0.0816. The van der Waals surface area contributed by atoms with Crippen LogP contribution in [0.5, 0.6) is 0 Å². The van der Waals surface area contributed by atoms with Gasteiger partial charge < -0.3 is 20.5 Å². The standard InChI is InChI=1S/C37H40Cl2N2O3.C33H32Cl2N2O3/c1-23-6-7-28-17-29(13-12-27(28)16-23)34-20-31(30-18-32(38)21-33(39)19-30)22-41(34)24(2)25-8-10-26(11-9-25)36(43)40-15-14-35(42)44-37(3,4)5;1-20-3-4-25-14-26(10-9-24(25)13-20)31-17-28(27-15-29(34)18-30(35)16-27)19-37(31)21(2)22-5-7-23(8-6-22)33(40)36-12-11-32(38)39/h6-13,16-19,21,24,31,34H,14-15,20,22H2,1-5H3,(H,40,43);3-10,13-16,18,21,28,31H,11-12,17,19H2,1-2H3,(H,36,40)(H,38,39)/t24?,31-,34+;21?,28-,31+/m00/s1. The monoisotopic (exact) mass is 1200 g/mol. The Morgan fingerprint density at radius 3 is 1.26 bits per heavy atom. The van der Waals surface area contributed by atoms with E-state index in [1.165, 1.54) is 43.8 Å². The highest BCUT2D eigenvalue weighted by Gasteiger charge is 2.39. The number of rotatable bonds is 16. The molecule has 2 amide bonds. The van der Waals surface area contributed by atoms with E-state index in [1.54, 1.807) is 24.3 Å². The number of amides is 2. The van der Waals surface area contributed by atoms with Crippen LogP contribution in [0.1, 0.15) is 162 Å². The van der Waals surface area contributed by atoms with Gasteiger partial charge in [0.1, 0.15) is 5.60 Å². The molecule has 0 spiro atoms. The van der Waals surface area contributed by atoms with Gasteiger partial charge in [0.25, 0.3) is 11.8 Å². The van der Waals surface area contributed by atoms with E-state index in [0.717, 1.165) is 48.2 Å². The second kappa shape index (κ2) is 27.1. The Kier molecular flexibility index (Phi) is 19.9. The number of nitrogens with zero attached hydrogens (tertiary/aromatic N) is 2. The molecule has 10 nitrogen and oxygen atoms in total. The van der Waals surface area contributed by atoms with Crippen LogP contribution in [-0.2, 0) is 14.3 Å². The number of fused-ring (bicyclic) bond motifs is 2. The minimum atomic E-state index is -0.940. The van der Waals surface area contributed by atoms with Gasteiger partial charge in [0.05, 0.1) is 12.8 Å². The van der Waals surface area contributed by atoms with Crippen molar-refractivity contribution < 1.29 is 29.0 Å². The summed E-state index contributed by atoms with van der Waals surface area (Å²) in [6.45, 7) is 16.1. The molecule has 2 unspecified atom stereocenters. The van der Waals surface area contributed by atoms with E-state index in [1.807, 2.05) is 81.4 Å². The van der Waals surface area contributed by atoms with Gasteiger partial charge in [-0.25, -0.2) is 0 Å². The summed E-state index contributed by atoms with van der Waals surface area (Å²) in [5, 5.41) is 21.8. The number of likely N-dealkylation sites (tertiary alicyclic amines) is 2. The highest BCUT2D eigenvalue weighted by molar-refractivity contribution is 6.35. The summed E-state index contributed by atoms with van der Waals surface area (Å²) < 4.78 is 5.32. The molecular weight excluding hydrogens is 1130 g/mol. The van der Waals surface area contributed by atoms with E-state index < -0.39 is 11.6 Å². The Morgan fingerprint density at radius 1 is 0.512 bits per heavy atom. The summed E-state index contributed by atoms with van der Waals surface area (Å²) in [5.41, 5.74) is 10.1. The van der Waals surface area contributed by atoms with Crippen molar-refractivity contribution in [2.45, 2.75) is 116 Å². The molecule has 0 aliphatic carbocycles. The van der Waals surface area contributed by atoms with Crippen molar-refractivity contribution in [2.75, 3.05) is 26.2 Å². The van der Waals surface area contributed by atoms with Crippen LogP contribution in [0.15, 0.2) is 158 Å². The number of carboxylic acid groups (broad SMARTS) is 1. The Labute approximate surface area is 513 Å². The topological polar surface area (TPSA) is 128 Å². The number of halogens is 4. The fourth-order valence-electron chi connectivity index (χ4n) is 11.9. The molecule has 0 aromatic heterocycles. The molecule has 6 atom stereocenters. The summed E-state index contributed by atoms with van der Waals surface area (Å²) >= 11 is 25.6. The molecule has 10 rings (SSSR count). The fraction of sp³-hybridized carbons (Fsp3) is 0.314. The average molecular weight is 1210 g/mol. The maximum Gasteiger partial charge on any atom is 0.308 e. The van der Waals surface area contributed by atoms with Crippen LogP contribution in [0, 0.1) is 13.8 Å². The first kappa shape index (κ1) is 61.8. The number of carbonyl (C=O) groups excluding carboxylic acids is 3. The second-order valence-electron chi connectivity index (χ2n) is 23.5. The summed E-state index contributed by atoms with van der Waals surface area (Å²) in [6.07, 6.45) is 1.89. The Balaban J connectivity index is 0.000000202. The minimum Gasteiger partial charge on any atom is -0.481 e. The van der Waals surface area contributed by atoms with Crippen LogP contribution in [0.2, 0.25) is 20.1 Å². The molecule has 84 heavy (non-hydrogen) atoms. The van der Waals surface area contributed by atoms with Gasteiger partial charge in [-0.15, -0.1) is 0 Å². The number of esters is 1. The molecule has 2 fully saturated rings. The molecule has 2 saturated heterocycles. The van der Waals surface area contributed by atoms with Crippen LogP contribution in [0.4, 0.5) is 0 Å². The molecule has 8 aromatic carbocycles. The van der Waals surface area contributed by atoms with Crippen LogP contribution in [0.3, 0.4) is 0 Å². The molecule has 436 valence electrons. The zero-order valence-corrected chi connectivity index (χ0v) is 51.6. The Morgan fingerprint density at radius 2 is 0.881 bits per heavy atom. The molecule has 2 aliphatic heterocycles. The number of hydrogen-bond acceptors (Lipinski definition) is 7. The van der Waals surface area contributed by atoms with E-state index in [-0.39, 0.29) is 79.7 Å². The Bertz CT molecular complexity index is 3660. The third kappa shape index (κ3) is 15.8. The van der Waals surface area contributed by atoms with Crippen molar-refractivity contribution in [3.63, 3.8) is 0 Å². The molecule has 2 heterocycles. The normalized spacial score (nSPS) is 18.0. The van der Waals surface area contributed by atoms with Gasteiger partial charge in [-0.05, 0) is 201 Å². The molecule has 8 aromatic rings. The third-order valence-electron chi connectivity index (χ3n) is 16.2. The lowest BCUT2D eigenvalue weighted by molar-refractivity contribution is -0.154. The zero-order valence-electron chi connectivity index (χ0n) is 48.5. The first-order chi connectivity index (χ1) is 40.0. The van der Waals surface area contributed by atoms with Gasteiger partial charge >= 0.3 is 11.9 Å². The van der Waals surface area contributed by atoms with Gasteiger partial charge in [0, 0.05) is 81.6 Å². The van der Waals surface area contributed by atoms with Crippen LogP contribution < -0.4 is 10.6 Å². The van der Waals surface area contributed by atoms with Crippen LogP contribution >= 0.6 is 46.4 Å². The van der Waals surface area contributed by atoms with E-state index in [9.17, 15) is 19.2 Å². The lowest BCUT2D eigenvalue weighted by Gasteiger charge is -2.31. The third-order valence-corrected chi connectivity index (χ3v) is 17.0. The van der Waals surface area contributed by atoms with Crippen molar-refractivity contribution >= 4 is 91.7 Å². The minimum absolute atomic E-state index is 0.0856. The smallest absolute Gasteiger partial charge is 0.308 e. The van der Waals surface area contributed by atoms with Crippen molar-refractivity contribution in [3.8, 4) is 0 Å². The molecule has 14 heteroatoms. The van der Waals surface area contributed by atoms with Gasteiger partial charge in [0.15, 0.2) is 0 Å². The van der Waals surface area contributed by atoms with Crippen molar-refractivity contribution in [1.82, 2.24) is 20.4 Å². The average Bonchev–Trinajstić information content (AvgIpc) is 2.09. The van der Waals surface area contributed by atoms with E-state index in [4.69, 9.17) is 56.2 Å². The van der Waals surface area contributed by atoms with Crippen LogP contribution in [0.25, 0.3) is 21.5 Å². The predicted molar refractivity (Wildman–Crippen MR) is 341 cm³/mol. The summed E-state index contributed by atoms with van der Waals surface area (Å²) in [6, 6.07) is 54.2. The first-order valence-electron chi connectivity index (χ1n) is 28.7. The van der Waals surface area contributed by atoms with E-state index in [2.05, 4.69) is 121 Å². The Hall–Kier alpha value is -6.76. The number of hydrogen-bond donors (Lipinski definition) is 3. The fourth-order valence-corrected chi connectivity index (χ4v) is 13.0. The van der Waals surface area contributed by atoms with E-state index in [0.29, 0.717) is 31.2 Å². The maximum atomic E-state index is 12.8. The van der Waals surface area contributed by atoms with Gasteiger partial charge in [-0.3, -0.25) is 29.0 Å². The number of carboxylic acids is 1. The number of nitrogens with one attached hydrogen (secondary N) is 2. The predicted octanol–water partition coefficient (Wildman–Crippen LogP) is 17.2. The second-order valence-corrected chi connectivity index (χ2v) is 25.2. The lowest BCUT2D eigenvalue weighted by atomic mass is 9.92. The van der Waals surface area contributed by atoms with E-state index >= 15 is 0 Å². The molecule has 0 saturated carbocycles. The molecule has 2 aliphatic rings. The number of aliphatic carboxylic acids is 1. The molecule has 3 N–H and O–H groups in total. The van der Waals surface area contributed by atoms with Crippen LogP contribution in [-0.4, -0.2) is 70.4 Å². The molecular formula is C70H72Cl4N4O6. The molecule has 0 radical (unpaired) electrons. The highest BCUT2D eigenvalue weighted by Crippen LogP contribution is 2.48. The van der Waals surface area contributed by atoms with Gasteiger partial charge in [-0.1, -0.05) is 142 Å². The lowest BCUT2D eigenvalue weighted by Crippen LogP contribution is -2.29. The first-order valence-corrected chi connectivity index (χ1v) is 30.2. The van der Waals surface area contributed by atoms with Crippen molar-refractivity contribution in [2.24, 2.45) is 0 Å². The zero-order chi connectivity index (χ0) is 60.0. The summed E-state index contributed by atoms with van der Waals surface area (Å²) in [5.74, 6) is -1.23. The highest BCUT2D eigenvalue weighted by atomic mass is 35.5. The summed E-state index contributed by atoms with van der Waals surface area (Å²) in [4.78, 5) is 53.0. The summed E-state index contributed by atoms with van der Waals surface area (Å²) in [7, 11) is 0. The van der Waals surface area contributed by atoms with Gasteiger partial charge in [-0.2, -0.15) is 0 Å². The number of carbonyl (C=O) groups is 4.